The largest absolute Gasteiger partial charge is 0.496 e. The zero-order valence-electron chi connectivity index (χ0n) is 18.7. The van der Waals surface area contributed by atoms with Crippen LogP contribution in [0.3, 0.4) is 0 Å². The molecule has 0 aliphatic carbocycles. The van der Waals surface area contributed by atoms with Crippen LogP contribution in [0.5, 0.6) is 5.75 Å². The van der Waals surface area contributed by atoms with Crippen molar-refractivity contribution in [1.82, 2.24) is 24.4 Å². The van der Waals surface area contributed by atoms with Gasteiger partial charge in [-0.25, -0.2) is 14.2 Å². The third-order valence-electron chi connectivity index (χ3n) is 5.79. The number of hydrogen-bond acceptors (Lipinski definition) is 4. The molecule has 0 aliphatic heterocycles. The van der Waals surface area contributed by atoms with Crippen LogP contribution < -0.4 is 4.74 Å². The lowest BCUT2D eigenvalue weighted by atomic mass is 10.0. The monoisotopic (exact) mass is 423 g/mol. The summed E-state index contributed by atoms with van der Waals surface area (Å²) in [5.74, 6) is 0.759. The number of ether oxygens (including phenoxy) is 1. The number of aryl methyl sites for hydroxylation is 3. The quantitative estimate of drug-likeness (QED) is 0.378. The van der Waals surface area contributed by atoms with Gasteiger partial charge in [0.25, 0.3) is 0 Å². The van der Waals surface area contributed by atoms with Gasteiger partial charge in [0.05, 0.1) is 29.7 Å². The number of aromatic nitrogens is 5. The van der Waals surface area contributed by atoms with E-state index in [0.29, 0.717) is 0 Å². The minimum atomic E-state index is 0.759. The van der Waals surface area contributed by atoms with E-state index < -0.39 is 0 Å². The van der Waals surface area contributed by atoms with Gasteiger partial charge in [-0.2, -0.15) is 10.2 Å². The molecule has 2 aromatic carbocycles. The van der Waals surface area contributed by atoms with E-state index >= 15 is 0 Å². The second-order valence-corrected chi connectivity index (χ2v) is 7.82. The molecule has 0 amide bonds. The Hall–Kier alpha value is -3.93. The zero-order valence-corrected chi connectivity index (χ0v) is 18.7. The number of benzene rings is 2. The summed E-state index contributed by atoms with van der Waals surface area (Å²) in [6.45, 7) is 6.23. The van der Waals surface area contributed by atoms with Crippen LogP contribution in [0.25, 0.3) is 33.7 Å². The van der Waals surface area contributed by atoms with Gasteiger partial charge in [0, 0.05) is 35.3 Å². The van der Waals surface area contributed by atoms with Gasteiger partial charge in [0.1, 0.15) is 5.75 Å². The third kappa shape index (κ3) is 3.24. The van der Waals surface area contributed by atoms with E-state index in [1.54, 1.807) is 13.3 Å². The van der Waals surface area contributed by atoms with Crippen molar-refractivity contribution in [3.05, 3.63) is 83.9 Å². The highest BCUT2D eigenvalue weighted by molar-refractivity contribution is 5.85. The molecule has 3 heterocycles. The van der Waals surface area contributed by atoms with Crippen molar-refractivity contribution in [2.45, 2.75) is 27.2 Å². The molecule has 0 bridgehead atoms. The second-order valence-electron chi connectivity index (χ2n) is 7.82. The molecular weight excluding hydrogens is 398 g/mol. The molecule has 0 unspecified atom stereocenters. The van der Waals surface area contributed by atoms with Crippen LogP contribution in [0.15, 0.2) is 67.0 Å². The van der Waals surface area contributed by atoms with Crippen LogP contribution in [0, 0.1) is 13.8 Å². The van der Waals surface area contributed by atoms with E-state index in [2.05, 4.69) is 48.4 Å². The van der Waals surface area contributed by atoms with E-state index in [4.69, 9.17) is 14.8 Å². The predicted octanol–water partition coefficient (Wildman–Crippen LogP) is 5.44. The second kappa shape index (κ2) is 7.96. The van der Waals surface area contributed by atoms with Crippen molar-refractivity contribution in [3.63, 3.8) is 0 Å². The lowest BCUT2D eigenvalue weighted by Crippen LogP contribution is -2.01. The normalized spacial score (nSPS) is 11.2. The number of hydrogen-bond donors (Lipinski definition) is 0. The van der Waals surface area contributed by atoms with E-state index in [-0.39, 0.29) is 0 Å². The summed E-state index contributed by atoms with van der Waals surface area (Å²) in [4.78, 5) is 4.89. The molecule has 0 atom stereocenters. The average molecular weight is 424 g/mol. The number of nitrogens with zero attached hydrogens (tertiary/aromatic N) is 5. The van der Waals surface area contributed by atoms with E-state index in [0.717, 1.165) is 51.7 Å². The molecule has 0 radical (unpaired) electrons. The molecule has 32 heavy (non-hydrogen) atoms. The summed E-state index contributed by atoms with van der Waals surface area (Å²) >= 11 is 0. The van der Waals surface area contributed by atoms with E-state index in [1.807, 2.05) is 47.4 Å². The Morgan fingerprint density at radius 3 is 2.56 bits per heavy atom. The molecule has 5 aromatic rings. The lowest BCUT2D eigenvalue weighted by Gasteiger charge is -2.12. The zero-order chi connectivity index (χ0) is 22.2. The van der Waals surface area contributed by atoms with Crippen LogP contribution in [-0.4, -0.2) is 31.5 Å². The van der Waals surface area contributed by atoms with Crippen LogP contribution in [-0.2, 0) is 6.42 Å². The first-order valence-corrected chi connectivity index (χ1v) is 10.7. The molecule has 160 valence electrons. The Morgan fingerprint density at radius 2 is 1.81 bits per heavy atom. The van der Waals surface area contributed by atoms with Crippen molar-refractivity contribution in [3.8, 4) is 33.8 Å². The highest BCUT2D eigenvalue weighted by Crippen LogP contribution is 2.37. The summed E-state index contributed by atoms with van der Waals surface area (Å²) in [6.07, 6.45) is 4.63. The molecule has 0 fully saturated rings. The first-order chi connectivity index (χ1) is 15.6. The Labute approximate surface area is 187 Å². The fraction of sp³-hybridized carbons (Fsp3) is 0.192. The first kappa shape index (κ1) is 20.0. The summed E-state index contributed by atoms with van der Waals surface area (Å²) < 4.78 is 9.57. The van der Waals surface area contributed by atoms with Gasteiger partial charge in [-0.15, -0.1) is 0 Å². The van der Waals surface area contributed by atoms with Gasteiger partial charge in [0.15, 0.2) is 5.65 Å². The van der Waals surface area contributed by atoms with Gasteiger partial charge in [-0.05, 0) is 50.1 Å². The summed E-state index contributed by atoms with van der Waals surface area (Å²) in [5, 5.41) is 9.24. The molecule has 0 aliphatic rings. The maximum Gasteiger partial charge on any atom is 0.164 e. The van der Waals surface area contributed by atoms with E-state index in [9.17, 15) is 0 Å². The Bertz CT molecular complexity index is 1420. The van der Waals surface area contributed by atoms with Crippen LogP contribution in [0.4, 0.5) is 0 Å². The van der Waals surface area contributed by atoms with Crippen LogP contribution in [0.2, 0.25) is 0 Å². The summed E-state index contributed by atoms with van der Waals surface area (Å²) in [5.41, 5.74) is 9.08. The molecule has 0 spiro atoms. The number of rotatable bonds is 5. The maximum atomic E-state index is 5.79. The van der Waals surface area contributed by atoms with Crippen LogP contribution >= 0.6 is 0 Å². The van der Waals surface area contributed by atoms with Crippen molar-refractivity contribution in [2.75, 3.05) is 7.11 Å². The van der Waals surface area contributed by atoms with Gasteiger partial charge in [-0.3, -0.25) is 0 Å². The fourth-order valence-corrected chi connectivity index (χ4v) is 4.28. The third-order valence-corrected chi connectivity index (χ3v) is 5.79. The molecule has 6 nitrogen and oxygen atoms in total. The topological polar surface area (TPSA) is 57.2 Å². The van der Waals surface area contributed by atoms with Gasteiger partial charge >= 0.3 is 0 Å². The Kier molecular flexibility index (Phi) is 4.98. The van der Waals surface area contributed by atoms with Crippen LogP contribution in [0.1, 0.15) is 23.9 Å². The smallest absolute Gasteiger partial charge is 0.164 e. The van der Waals surface area contributed by atoms with Gasteiger partial charge in [-0.1, -0.05) is 31.2 Å². The molecule has 0 saturated heterocycles. The van der Waals surface area contributed by atoms with Crippen molar-refractivity contribution >= 4 is 5.65 Å². The minimum Gasteiger partial charge on any atom is -0.496 e. The van der Waals surface area contributed by atoms with Crippen molar-refractivity contribution < 1.29 is 4.74 Å². The van der Waals surface area contributed by atoms with E-state index in [1.165, 1.54) is 11.1 Å². The number of methoxy groups -OCH3 is 1. The Balaban J connectivity index is 1.75. The van der Waals surface area contributed by atoms with Crippen molar-refractivity contribution in [1.29, 1.82) is 0 Å². The molecule has 0 N–H and O–H groups in total. The molecule has 6 heteroatoms. The average Bonchev–Trinajstić information content (AvgIpc) is 3.46. The summed E-state index contributed by atoms with van der Waals surface area (Å²) in [7, 11) is 1.69. The predicted molar refractivity (Wildman–Crippen MR) is 126 cm³/mol. The number of fused-ring (bicyclic) bond motifs is 1. The highest BCUT2D eigenvalue weighted by Gasteiger charge is 2.20. The molecular formula is C26H25N5O. The fourth-order valence-electron chi connectivity index (χ4n) is 4.28. The van der Waals surface area contributed by atoms with Gasteiger partial charge in [0.2, 0.25) is 0 Å². The maximum absolute atomic E-state index is 5.79. The Morgan fingerprint density at radius 1 is 0.969 bits per heavy atom. The van der Waals surface area contributed by atoms with Gasteiger partial charge < -0.3 is 4.74 Å². The summed E-state index contributed by atoms with van der Waals surface area (Å²) in [6, 6.07) is 18.6. The standard InChI is InChI=1S/C26H25N5O/c1-5-19-9-6-7-10-21(19)23-15-17(2)28-26-25(18(3)29-31(23)26)22-12-11-20(16-24(22)32-4)30-14-8-13-27-30/h6-16H,5H2,1-4H3. The molecule has 5 rings (SSSR count). The minimum absolute atomic E-state index is 0.759. The SMILES string of the molecule is CCc1ccccc1-c1cc(C)nc2c(-c3ccc(-n4cccn4)cc3OC)c(C)nn12. The lowest BCUT2D eigenvalue weighted by molar-refractivity contribution is 0.416. The van der Waals surface area contributed by atoms with Crippen molar-refractivity contribution in [2.24, 2.45) is 0 Å². The molecule has 3 aromatic heterocycles. The highest BCUT2D eigenvalue weighted by atomic mass is 16.5. The molecule has 0 saturated carbocycles. The first-order valence-electron chi connectivity index (χ1n) is 10.7.